The van der Waals surface area contributed by atoms with E-state index in [-0.39, 0.29) is 24.0 Å². The molecule has 0 saturated carbocycles. The first-order valence-electron chi connectivity index (χ1n) is 10.5. The van der Waals surface area contributed by atoms with Crippen LogP contribution in [0.2, 0.25) is 0 Å². The van der Waals surface area contributed by atoms with Gasteiger partial charge in [0.05, 0.1) is 0 Å². The molecule has 26 heavy (non-hydrogen) atoms. The number of nitrogens with zero attached hydrogens (tertiary/aromatic N) is 3. The minimum absolute atomic E-state index is 0. The van der Waals surface area contributed by atoms with Gasteiger partial charge >= 0.3 is 0 Å². The molecule has 1 heterocycles. The van der Waals surface area contributed by atoms with Crippen LogP contribution in [0.4, 0.5) is 0 Å². The molecule has 1 aliphatic rings. The molecule has 0 radical (unpaired) electrons. The zero-order valence-electron chi connectivity index (χ0n) is 17.9. The van der Waals surface area contributed by atoms with Gasteiger partial charge in [-0.15, -0.1) is 24.0 Å². The van der Waals surface area contributed by atoms with Crippen molar-refractivity contribution in [3.63, 3.8) is 0 Å². The van der Waals surface area contributed by atoms with Crippen molar-refractivity contribution in [1.29, 1.82) is 0 Å². The fourth-order valence-electron chi connectivity index (χ4n) is 3.66. The average Bonchev–Trinajstić information content (AvgIpc) is 2.59. The molecular weight excluding hydrogens is 437 g/mol. The molecule has 0 unspecified atom stereocenters. The van der Waals surface area contributed by atoms with E-state index in [0.717, 1.165) is 25.6 Å². The minimum atomic E-state index is 0. The number of aliphatic imine (C=N–C) groups is 1. The highest BCUT2D eigenvalue weighted by Gasteiger charge is 2.12. The van der Waals surface area contributed by atoms with Crippen molar-refractivity contribution in [2.45, 2.75) is 78.3 Å². The summed E-state index contributed by atoms with van der Waals surface area (Å²) in [5.41, 5.74) is 0. The highest BCUT2D eigenvalue weighted by molar-refractivity contribution is 14.0. The molecule has 0 amide bonds. The lowest BCUT2D eigenvalue weighted by Crippen LogP contribution is -2.45. The summed E-state index contributed by atoms with van der Waals surface area (Å²) < 4.78 is 0. The van der Waals surface area contributed by atoms with Crippen molar-refractivity contribution >= 4 is 29.9 Å². The number of rotatable bonds is 11. The van der Waals surface area contributed by atoms with Crippen LogP contribution in [0.25, 0.3) is 0 Å². The number of piperidine rings is 1. The second-order valence-corrected chi connectivity index (χ2v) is 7.81. The minimum Gasteiger partial charge on any atom is -0.356 e. The van der Waals surface area contributed by atoms with Gasteiger partial charge in [-0.2, -0.15) is 0 Å². The monoisotopic (exact) mass is 481 g/mol. The Kier molecular flexibility index (Phi) is 15.9. The molecule has 1 rings (SSSR count). The molecule has 0 aromatic rings. The van der Waals surface area contributed by atoms with Crippen molar-refractivity contribution in [2.24, 2.45) is 4.99 Å². The van der Waals surface area contributed by atoms with E-state index < -0.39 is 0 Å². The van der Waals surface area contributed by atoms with Gasteiger partial charge in [-0.1, -0.05) is 12.8 Å². The molecule has 2 N–H and O–H groups in total. The van der Waals surface area contributed by atoms with Crippen molar-refractivity contribution in [3.05, 3.63) is 0 Å². The normalized spacial score (nSPS) is 16.2. The molecule has 0 aromatic carbocycles. The maximum Gasteiger partial charge on any atom is 0.191 e. The Balaban J connectivity index is 0.00000625. The van der Waals surface area contributed by atoms with Gasteiger partial charge < -0.3 is 15.5 Å². The van der Waals surface area contributed by atoms with E-state index in [1.165, 1.54) is 58.2 Å². The first kappa shape index (κ1) is 25.9. The van der Waals surface area contributed by atoms with Crippen LogP contribution in [0.15, 0.2) is 4.99 Å². The van der Waals surface area contributed by atoms with Crippen LogP contribution in [-0.2, 0) is 0 Å². The second kappa shape index (κ2) is 15.9. The Morgan fingerprint density at radius 2 is 1.54 bits per heavy atom. The summed E-state index contributed by atoms with van der Waals surface area (Å²) in [4.78, 5) is 9.47. The third-order valence-electron chi connectivity index (χ3n) is 5.10. The van der Waals surface area contributed by atoms with Gasteiger partial charge in [0, 0.05) is 38.8 Å². The van der Waals surface area contributed by atoms with Crippen LogP contribution in [0.5, 0.6) is 0 Å². The molecule has 0 aromatic heterocycles. The first-order valence-corrected chi connectivity index (χ1v) is 10.5. The number of likely N-dealkylation sites (tertiary alicyclic amines) is 1. The van der Waals surface area contributed by atoms with Crippen LogP contribution in [-0.4, -0.2) is 74.2 Å². The third kappa shape index (κ3) is 11.6. The number of hydrogen-bond donors (Lipinski definition) is 2. The fraction of sp³-hybridized carbons (Fsp3) is 0.950. The lowest BCUT2D eigenvalue weighted by atomic mass is 10.1. The summed E-state index contributed by atoms with van der Waals surface area (Å²) >= 11 is 0. The van der Waals surface area contributed by atoms with E-state index in [9.17, 15) is 0 Å². The number of unbranched alkanes of at least 4 members (excludes halogenated alkanes) is 2. The Morgan fingerprint density at radius 3 is 2.12 bits per heavy atom. The van der Waals surface area contributed by atoms with Gasteiger partial charge in [-0.05, 0) is 73.0 Å². The summed E-state index contributed by atoms with van der Waals surface area (Å²) in [5.74, 6) is 0.934. The maximum atomic E-state index is 4.33. The van der Waals surface area contributed by atoms with Crippen LogP contribution in [0.3, 0.4) is 0 Å². The molecule has 156 valence electrons. The van der Waals surface area contributed by atoms with Gasteiger partial charge in [-0.25, -0.2) is 0 Å². The van der Waals surface area contributed by atoms with E-state index in [0.29, 0.717) is 12.1 Å². The predicted octanol–water partition coefficient (Wildman–Crippen LogP) is 3.54. The quantitative estimate of drug-likeness (QED) is 0.205. The molecule has 1 saturated heterocycles. The summed E-state index contributed by atoms with van der Waals surface area (Å²) in [6, 6.07) is 1.16. The van der Waals surface area contributed by atoms with Crippen molar-refractivity contribution in [1.82, 2.24) is 20.4 Å². The molecule has 0 aliphatic carbocycles. The molecule has 0 atom stereocenters. The van der Waals surface area contributed by atoms with E-state index >= 15 is 0 Å². The molecule has 6 heteroatoms. The number of guanidine groups is 1. The lowest BCUT2D eigenvalue weighted by molar-refractivity contribution is 0.178. The smallest absolute Gasteiger partial charge is 0.191 e. The predicted molar refractivity (Wildman–Crippen MR) is 126 cm³/mol. The van der Waals surface area contributed by atoms with Gasteiger partial charge in [0.25, 0.3) is 0 Å². The van der Waals surface area contributed by atoms with E-state index in [2.05, 4.69) is 53.1 Å². The Hall–Kier alpha value is -0.0800. The summed E-state index contributed by atoms with van der Waals surface area (Å²) in [6.45, 7) is 16.0. The largest absolute Gasteiger partial charge is 0.356 e. The van der Waals surface area contributed by atoms with Gasteiger partial charge in [-0.3, -0.25) is 9.89 Å². The summed E-state index contributed by atoms with van der Waals surface area (Å²) in [5, 5.41) is 6.89. The topological polar surface area (TPSA) is 42.9 Å². The molecular formula is C20H44IN5. The first-order chi connectivity index (χ1) is 12.0. The van der Waals surface area contributed by atoms with E-state index in [1.54, 1.807) is 0 Å². The van der Waals surface area contributed by atoms with Crippen molar-refractivity contribution in [3.8, 4) is 0 Å². The molecule has 5 nitrogen and oxygen atoms in total. The van der Waals surface area contributed by atoms with Crippen LogP contribution >= 0.6 is 24.0 Å². The number of nitrogens with one attached hydrogen (secondary N) is 2. The van der Waals surface area contributed by atoms with E-state index in [4.69, 9.17) is 0 Å². The maximum absolute atomic E-state index is 4.33. The molecule has 0 bridgehead atoms. The van der Waals surface area contributed by atoms with Crippen LogP contribution in [0, 0.1) is 0 Å². The Morgan fingerprint density at radius 1 is 0.923 bits per heavy atom. The fourth-order valence-corrected chi connectivity index (χ4v) is 3.66. The zero-order valence-corrected chi connectivity index (χ0v) is 20.2. The standard InChI is InChI=1S/C20H43N5.HI/c1-18(2)25(19(3)4)17-13-23-20(21-5)22-12-8-6-9-14-24-15-10-7-11-16-24;/h18-19H,6-17H2,1-5H3,(H2,21,22,23);1H. The van der Waals surface area contributed by atoms with Crippen LogP contribution in [0.1, 0.15) is 66.2 Å². The molecule has 1 aliphatic heterocycles. The van der Waals surface area contributed by atoms with Crippen LogP contribution < -0.4 is 10.6 Å². The number of hydrogen-bond acceptors (Lipinski definition) is 3. The molecule has 0 spiro atoms. The van der Waals surface area contributed by atoms with Crippen molar-refractivity contribution in [2.75, 3.05) is 46.3 Å². The highest BCUT2D eigenvalue weighted by Crippen LogP contribution is 2.09. The average molecular weight is 482 g/mol. The lowest BCUT2D eigenvalue weighted by Gasteiger charge is -2.30. The summed E-state index contributed by atoms with van der Waals surface area (Å²) in [7, 11) is 1.86. The van der Waals surface area contributed by atoms with Gasteiger partial charge in [0.15, 0.2) is 5.96 Å². The molecule has 1 fully saturated rings. The third-order valence-corrected chi connectivity index (χ3v) is 5.10. The Labute approximate surface area is 179 Å². The zero-order chi connectivity index (χ0) is 18.5. The summed E-state index contributed by atoms with van der Waals surface area (Å²) in [6.07, 6.45) is 8.07. The Bertz CT molecular complexity index is 346. The SMILES string of the molecule is CN=C(NCCCCCN1CCCCC1)NCCN(C(C)C)C(C)C.I. The van der Waals surface area contributed by atoms with Gasteiger partial charge in [0.2, 0.25) is 0 Å². The number of halogens is 1. The highest BCUT2D eigenvalue weighted by atomic mass is 127. The van der Waals surface area contributed by atoms with Crippen molar-refractivity contribution < 1.29 is 0 Å². The van der Waals surface area contributed by atoms with Gasteiger partial charge in [0.1, 0.15) is 0 Å². The second-order valence-electron chi connectivity index (χ2n) is 7.81. The van der Waals surface area contributed by atoms with E-state index in [1.807, 2.05) is 7.05 Å².